The zero-order chi connectivity index (χ0) is 13.5. The quantitative estimate of drug-likeness (QED) is 0.771. The molecule has 1 N–H and O–H groups in total. The van der Waals surface area contributed by atoms with Gasteiger partial charge >= 0.3 is 0 Å². The lowest BCUT2D eigenvalue weighted by molar-refractivity contribution is 0.977. The lowest BCUT2D eigenvalue weighted by atomic mass is 10.3. The van der Waals surface area contributed by atoms with Crippen LogP contribution in [-0.2, 0) is 5.75 Å². The van der Waals surface area contributed by atoms with E-state index in [2.05, 4.69) is 29.4 Å². The van der Waals surface area contributed by atoms with Crippen LogP contribution in [0.1, 0.15) is 19.0 Å². The van der Waals surface area contributed by atoms with Crippen molar-refractivity contribution in [1.82, 2.24) is 4.98 Å². The van der Waals surface area contributed by atoms with Gasteiger partial charge in [0.25, 0.3) is 0 Å². The second kappa shape index (κ2) is 7.41. The third kappa shape index (κ3) is 4.77. The topological polar surface area (TPSA) is 24.9 Å². The van der Waals surface area contributed by atoms with E-state index in [0.717, 1.165) is 35.1 Å². The molecule has 2 aromatic rings. The smallest absolute Gasteiger partial charge is 0.0526 e. The number of benzene rings is 1. The van der Waals surface area contributed by atoms with E-state index in [-0.39, 0.29) is 0 Å². The van der Waals surface area contributed by atoms with Crippen LogP contribution >= 0.6 is 23.4 Å². The lowest BCUT2D eigenvalue weighted by Gasteiger charge is -2.06. The Morgan fingerprint density at radius 3 is 2.95 bits per heavy atom. The summed E-state index contributed by atoms with van der Waals surface area (Å²) >= 11 is 7.72. The Bertz CT molecular complexity index is 531. The molecular formula is C15H17ClN2S. The molecular weight excluding hydrogens is 276 g/mol. The molecule has 4 heteroatoms. The van der Waals surface area contributed by atoms with E-state index in [1.807, 2.05) is 30.5 Å². The van der Waals surface area contributed by atoms with Crippen LogP contribution in [0.2, 0.25) is 5.02 Å². The zero-order valence-electron chi connectivity index (χ0n) is 10.9. The Labute approximate surface area is 123 Å². The van der Waals surface area contributed by atoms with Crippen LogP contribution in [0.3, 0.4) is 0 Å². The fraction of sp³-hybridized carbons (Fsp3) is 0.267. The highest BCUT2D eigenvalue weighted by atomic mass is 35.5. The number of thioether (sulfide) groups is 1. The Morgan fingerprint density at radius 1 is 1.26 bits per heavy atom. The summed E-state index contributed by atoms with van der Waals surface area (Å²) in [5.41, 5.74) is 2.21. The number of hydrogen-bond acceptors (Lipinski definition) is 3. The Kier molecular flexibility index (Phi) is 5.55. The number of rotatable bonds is 6. The number of pyridine rings is 1. The molecule has 0 fully saturated rings. The van der Waals surface area contributed by atoms with Crippen molar-refractivity contribution in [3.63, 3.8) is 0 Å². The summed E-state index contributed by atoms with van der Waals surface area (Å²) in [6.45, 7) is 3.15. The molecule has 1 aromatic carbocycles. The van der Waals surface area contributed by atoms with Crippen LogP contribution in [0.25, 0.3) is 0 Å². The van der Waals surface area contributed by atoms with Crippen molar-refractivity contribution in [2.24, 2.45) is 0 Å². The Hall–Kier alpha value is -1.19. The number of aromatic nitrogens is 1. The number of hydrogen-bond donors (Lipinski definition) is 1. The largest absolute Gasteiger partial charge is 0.385 e. The highest BCUT2D eigenvalue weighted by Gasteiger charge is 2.00. The van der Waals surface area contributed by atoms with Gasteiger partial charge in [0, 0.05) is 34.1 Å². The monoisotopic (exact) mass is 292 g/mol. The van der Waals surface area contributed by atoms with Gasteiger partial charge in [-0.3, -0.25) is 4.98 Å². The van der Waals surface area contributed by atoms with Crippen LogP contribution in [0.15, 0.2) is 47.5 Å². The standard InChI is InChI=1S/C15H17ClN2S/c1-2-7-17-13-6-8-18-14(10-13)11-19-15-5-3-4-12(16)9-15/h3-6,8-10H,2,7,11H2,1H3,(H,17,18). The number of anilines is 1. The molecule has 0 aliphatic heterocycles. The van der Waals surface area contributed by atoms with Gasteiger partial charge in [0.05, 0.1) is 5.69 Å². The molecule has 1 heterocycles. The maximum atomic E-state index is 5.97. The summed E-state index contributed by atoms with van der Waals surface area (Å²) in [4.78, 5) is 5.56. The molecule has 0 unspecified atom stereocenters. The molecule has 0 radical (unpaired) electrons. The highest BCUT2D eigenvalue weighted by molar-refractivity contribution is 7.98. The van der Waals surface area contributed by atoms with Crippen LogP contribution in [0.4, 0.5) is 5.69 Å². The van der Waals surface area contributed by atoms with Crippen molar-refractivity contribution in [2.75, 3.05) is 11.9 Å². The first-order chi connectivity index (χ1) is 9.28. The molecule has 0 aliphatic rings. The van der Waals surface area contributed by atoms with Gasteiger partial charge in [-0.15, -0.1) is 11.8 Å². The van der Waals surface area contributed by atoms with Crippen LogP contribution in [0.5, 0.6) is 0 Å². The van der Waals surface area contributed by atoms with Gasteiger partial charge in [0.1, 0.15) is 0 Å². The van der Waals surface area contributed by atoms with E-state index in [0.29, 0.717) is 0 Å². The number of halogens is 1. The van der Waals surface area contributed by atoms with Crippen LogP contribution < -0.4 is 5.32 Å². The van der Waals surface area contributed by atoms with Gasteiger partial charge in [0.15, 0.2) is 0 Å². The molecule has 100 valence electrons. The first kappa shape index (κ1) is 14.2. The van der Waals surface area contributed by atoms with Crippen LogP contribution in [0, 0.1) is 0 Å². The van der Waals surface area contributed by atoms with Crippen LogP contribution in [-0.4, -0.2) is 11.5 Å². The van der Waals surface area contributed by atoms with E-state index in [1.54, 1.807) is 11.8 Å². The highest BCUT2D eigenvalue weighted by Crippen LogP contribution is 2.25. The molecule has 0 amide bonds. The SMILES string of the molecule is CCCNc1ccnc(CSc2cccc(Cl)c2)c1. The summed E-state index contributed by atoms with van der Waals surface area (Å²) in [7, 11) is 0. The molecule has 0 atom stereocenters. The minimum absolute atomic E-state index is 0.774. The normalized spacial score (nSPS) is 10.4. The van der Waals surface area contributed by atoms with E-state index in [9.17, 15) is 0 Å². The van der Waals surface area contributed by atoms with Crippen molar-refractivity contribution in [2.45, 2.75) is 24.0 Å². The average molecular weight is 293 g/mol. The molecule has 0 bridgehead atoms. The number of nitrogens with zero attached hydrogens (tertiary/aromatic N) is 1. The van der Waals surface area contributed by atoms with E-state index >= 15 is 0 Å². The third-order valence-corrected chi connectivity index (χ3v) is 3.84. The predicted octanol–water partition coefficient (Wildman–Crippen LogP) is 4.85. The lowest BCUT2D eigenvalue weighted by Crippen LogP contribution is -2.00. The van der Waals surface area contributed by atoms with Gasteiger partial charge in [-0.05, 0) is 36.8 Å². The first-order valence-electron chi connectivity index (χ1n) is 6.35. The predicted molar refractivity (Wildman–Crippen MR) is 84.0 cm³/mol. The van der Waals surface area contributed by atoms with Gasteiger partial charge < -0.3 is 5.32 Å². The van der Waals surface area contributed by atoms with Crippen molar-refractivity contribution < 1.29 is 0 Å². The van der Waals surface area contributed by atoms with Gasteiger partial charge in [-0.25, -0.2) is 0 Å². The molecule has 19 heavy (non-hydrogen) atoms. The van der Waals surface area contributed by atoms with Crippen molar-refractivity contribution >= 4 is 29.1 Å². The zero-order valence-corrected chi connectivity index (χ0v) is 12.5. The van der Waals surface area contributed by atoms with Gasteiger partial charge in [-0.1, -0.05) is 24.6 Å². The van der Waals surface area contributed by atoms with Gasteiger partial charge in [0.2, 0.25) is 0 Å². The number of nitrogens with one attached hydrogen (secondary N) is 1. The van der Waals surface area contributed by atoms with Crippen molar-refractivity contribution in [3.05, 3.63) is 53.3 Å². The fourth-order valence-corrected chi connectivity index (χ4v) is 2.76. The Morgan fingerprint density at radius 2 is 2.16 bits per heavy atom. The summed E-state index contributed by atoms with van der Waals surface area (Å²) in [5.74, 6) is 0.849. The third-order valence-electron chi connectivity index (χ3n) is 2.58. The molecule has 2 rings (SSSR count). The first-order valence-corrected chi connectivity index (χ1v) is 7.71. The van der Waals surface area contributed by atoms with Gasteiger partial charge in [-0.2, -0.15) is 0 Å². The van der Waals surface area contributed by atoms with Crippen molar-refractivity contribution in [3.8, 4) is 0 Å². The minimum atomic E-state index is 0.774. The summed E-state index contributed by atoms with van der Waals surface area (Å²) in [6.07, 6.45) is 2.97. The molecule has 2 nitrogen and oxygen atoms in total. The maximum absolute atomic E-state index is 5.97. The fourth-order valence-electron chi connectivity index (χ4n) is 1.65. The maximum Gasteiger partial charge on any atom is 0.0526 e. The summed E-state index contributed by atoms with van der Waals surface area (Å²) < 4.78 is 0. The minimum Gasteiger partial charge on any atom is -0.385 e. The summed E-state index contributed by atoms with van der Waals surface area (Å²) in [6, 6.07) is 12.0. The average Bonchev–Trinajstić information content (AvgIpc) is 2.43. The Balaban J connectivity index is 1.95. The molecule has 0 spiro atoms. The molecule has 0 saturated heterocycles. The second-order valence-corrected chi connectivity index (χ2v) is 5.69. The molecule has 1 aromatic heterocycles. The molecule has 0 aliphatic carbocycles. The second-order valence-electron chi connectivity index (χ2n) is 4.21. The van der Waals surface area contributed by atoms with E-state index in [1.165, 1.54) is 4.90 Å². The van der Waals surface area contributed by atoms with E-state index in [4.69, 9.17) is 11.6 Å². The molecule has 0 saturated carbocycles. The summed E-state index contributed by atoms with van der Waals surface area (Å²) in [5, 5.41) is 4.15. The van der Waals surface area contributed by atoms with E-state index < -0.39 is 0 Å². The van der Waals surface area contributed by atoms with Crippen molar-refractivity contribution in [1.29, 1.82) is 0 Å².